The molecule has 0 aliphatic heterocycles. The van der Waals surface area contributed by atoms with E-state index in [2.05, 4.69) is 29.5 Å². The SMILES string of the molecule is C[n+]1cccc(CCOc2nn3c4c(ccc3c2N)CCC4)c1. The summed E-state index contributed by atoms with van der Waals surface area (Å²) in [7, 11) is 2.02. The quantitative estimate of drug-likeness (QED) is 0.748. The van der Waals surface area contributed by atoms with Crippen LogP contribution in [0, 0.1) is 0 Å². The number of ether oxygens (including phenoxy) is 1. The molecule has 0 spiro atoms. The van der Waals surface area contributed by atoms with Crippen LogP contribution in [-0.2, 0) is 26.3 Å². The first kappa shape index (κ1) is 14.1. The minimum atomic E-state index is 0.547. The van der Waals surface area contributed by atoms with Gasteiger partial charge in [0.2, 0.25) is 0 Å². The van der Waals surface area contributed by atoms with E-state index in [0.717, 1.165) is 24.8 Å². The van der Waals surface area contributed by atoms with Crippen LogP contribution in [0.1, 0.15) is 23.2 Å². The molecule has 118 valence electrons. The summed E-state index contributed by atoms with van der Waals surface area (Å²) in [6.07, 6.45) is 8.34. The first-order valence-electron chi connectivity index (χ1n) is 8.08. The largest absolute Gasteiger partial charge is 0.475 e. The summed E-state index contributed by atoms with van der Waals surface area (Å²) in [4.78, 5) is 0. The molecule has 1 aliphatic carbocycles. The molecule has 0 amide bonds. The van der Waals surface area contributed by atoms with E-state index >= 15 is 0 Å². The molecule has 0 unspecified atom stereocenters. The zero-order valence-corrected chi connectivity index (χ0v) is 13.3. The second-order valence-electron chi connectivity index (χ2n) is 6.15. The number of anilines is 1. The molecule has 3 heterocycles. The Hall–Kier alpha value is -2.56. The van der Waals surface area contributed by atoms with E-state index in [1.807, 2.05) is 28.4 Å². The Morgan fingerprint density at radius 1 is 1.30 bits per heavy atom. The van der Waals surface area contributed by atoms with Crippen molar-refractivity contribution in [2.75, 3.05) is 12.3 Å². The van der Waals surface area contributed by atoms with Crippen LogP contribution in [0.15, 0.2) is 36.7 Å². The third-order valence-corrected chi connectivity index (χ3v) is 4.48. The van der Waals surface area contributed by atoms with Gasteiger partial charge in [-0.25, -0.2) is 9.08 Å². The molecule has 0 fully saturated rings. The van der Waals surface area contributed by atoms with Crippen molar-refractivity contribution in [3.8, 4) is 5.88 Å². The minimum absolute atomic E-state index is 0.547. The lowest BCUT2D eigenvalue weighted by Gasteiger charge is -2.03. The number of hydrogen-bond donors (Lipinski definition) is 1. The summed E-state index contributed by atoms with van der Waals surface area (Å²) < 4.78 is 9.87. The van der Waals surface area contributed by atoms with E-state index in [1.54, 1.807) is 0 Å². The predicted octanol–water partition coefficient (Wildman–Crippen LogP) is 1.85. The van der Waals surface area contributed by atoms with Crippen LogP contribution in [0.4, 0.5) is 5.69 Å². The van der Waals surface area contributed by atoms with Crippen molar-refractivity contribution in [1.29, 1.82) is 0 Å². The molecule has 5 nitrogen and oxygen atoms in total. The number of nitrogen functional groups attached to an aromatic ring is 1. The van der Waals surface area contributed by atoms with Crippen molar-refractivity contribution in [3.05, 3.63) is 53.5 Å². The molecule has 0 radical (unpaired) electrons. The lowest BCUT2D eigenvalue weighted by atomic mass is 10.2. The summed E-state index contributed by atoms with van der Waals surface area (Å²) in [5.41, 5.74) is 11.7. The lowest BCUT2D eigenvalue weighted by molar-refractivity contribution is -0.671. The molecular formula is C18H21N4O+. The highest BCUT2D eigenvalue weighted by Gasteiger charge is 2.19. The van der Waals surface area contributed by atoms with Gasteiger partial charge in [0.15, 0.2) is 12.4 Å². The monoisotopic (exact) mass is 309 g/mol. The zero-order chi connectivity index (χ0) is 15.8. The van der Waals surface area contributed by atoms with Crippen LogP contribution in [0.5, 0.6) is 5.88 Å². The van der Waals surface area contributed by atoms with Gasteiger partial charge < -0.3 is 10.5 Å². The zero-order valence-electron chi connectivity index (χ0n) is 13.3. The van der Waals surface area contributed by atoms with Gasteiger partial charge in [-0.2, -0.15) is 0 Å². The topological polar surface area (TPSA) is 56.4 Å². The Kier molecular flexibility index (Phi) is 3.41. The highest BCUT2D eigenvalue weighted by Crippen LogP contribution is 2.30. The van der Waals surface area contributed by atoms with Crippen LogP contribution in [0.25, 0.3) is 5.52 Å². The molecule has 0 saturated heterocycles. The lowest BCUT2D eigenvalue weighted by Crippen LogP contribution is -2.27. The number of fused-ring (bicyclic) bond motifs is 3. The molecule has 1 aliphatic rings. The van der Waals surface area contributed by atoms with E-state index in [9.17, 15) is 0 Å². The summed E-state index contributed by atoms with van der Waals surface area (Å²) >= 11 is 0. The van der Waals surface area contributed by atoms with Gasteiger partial charge >= 0.3 is 0 Å². The Labute approximate surface area is 135 Å². The highest BCUT2D eigenvalue weighted by molar-refractivity contribution is 5.75. The molecule has 23 heavy (non-hydrogen) atoms. The fourth-order valence-electron chi connectivity index (χ4n) is 3.31. The van der Waals surface area contributed by atoms with Crippen molar-refractivity contribution < 1.29 is 9.30 Å². The summed E-state index contributed by atoms with van der Waals surface area (Å²) in [6.45, 7) is 0.570. The Morgan fingerprint density at radius 2 is 2.22 bits per heavy atom. The smallest absolute Gasteiger partial charge is 0.257 e. The third kappa shape index (κ3) is 2.52. The summed E-state index contributed by atoms with van der Waals surface area (Å²) in [5, 5.41) is 4.60. The molecule has 2 N–H and O–H groups in total. The summed E-state index contributed by atoms with van der Waals surface area (Å²) in [5.74, 6) is 0.547. The Bertz CT molecular complexity index is 869. The molecule has 0 aromatic carbocycles. The standard InChI is InChI=1S/C18H21N4O/c1-21-10-3-4-13(12-21)9-11-23-18-17(19)16-8-7-14-5-2-6-15(14)22(16)20-18/h3-4,7-8,10,12H,2,5-6,9,11,19H2,1H3/q+1. The van der Waals surface area contributed by atoms with Gasteiger partial charge in [-0.3, -0.25) is 0 Å². The van der Waals surface area contributed by atoms with Crippen LogP contribution >= 0.6 is 0 Å². The van der Waals surface area contributed by atoms with Gasteiger partial charge in [0.1, 0.15) is 12.7 Å². The van der Waals surface area contributed by atoms with Crippen LogP contribution < -0.4 is 15.0 Å². The Morgan fingerprint density at radius 3 is 3.09 bits per heavy atom. The van der Waals surface area contributed by atoms with E-state index < -0.39 is 0 Å². The van der Waals surface area contributed by atoms with E-state index in [-0.39, 0.29) is 0 Å². The first-order valence-corrected chi connectivity index (χ1v) is 8.08. The van der Waals surface area contributed by atoms with Gasteiger partial charge in [-0.15, -0.1) is 5.10 Å². The van der Waals surface area contributed by atoms with Crippen molar-refractivity contribution in [2.45, 2.75) is 25.7 Å². The van der Waals surface area contributed by atoms with Crippen molar-refractivity contribution in [2.24, 2.45) is 7.05 Å². The van der Waals surface area contributed by atoms with Crippen molar-refractivity contribution in [1.82, 2.24) is 9.61 Å². The first-order chi connectivity index (χ1) is 11.2. The molecule has 0 saturated carbocycles. The number of nitrogens with two attached hydrogens (primary N) is 1. The van der Waals surface area contributed by atoms with Gasteiger partial charge in [-0.05, 0) is 37.0 Å². The second kappa shape index (κ2) is 5.57. The van der Waals surface area contributed by atoms with Gasteiger partial charge in [0.25, 0.3) is 5.88 Å². The van der Waals surface area contributed by atoms with Gasteiger partial charge in [0.05, 0.1) is 12.1 Å². The second-order valence-corrected chi connectivity index (χ2v) is 6.15. The maximum Gasteiger partial charge on any atom is 0.257 e. The number of aryl methyl sites for hydroxylation is 3. The summed E-state index contributed by atoms with van der Waals surface area (Å²) in [6, 6.07) is 8.36. The average molecular weight is 309 g/mol. The van der Waals surface area contributed by atoms with Crippen LogP contribution in [0.2, 0.25) is 0 Å². The van der Waals surface area contributed by atoms with Gasteiger partial charge in [0, 0.05) is 23.7 Å². The predicted molar refractivity (Wildman–Crippen MR) is 88.4 cm³/mol. The molecule has 3 aromatic heterocycles. The molecule has 0 bridgehead atoms. The maximum atomic E-state index is 6.22. The normalized spacial score (nSPS) is 13.4. The van der Waals surface area contributed by atoms with Gasteiger partial charge in [-0.1, -0.05) is 6.07 Å². The van der Waals surface area contributed by atoms with E-state index in [0.29, 0.717) is 18.2 Å². The Balaban J connectivity index is 1.54. The number of hydrogen-bond acceptors (Lipinski definition) is 3. The number of pyridine rings is 2. The molecular weight excluding hydrogens is 288 g/mol. The fourth-order valence-corrected chi connectivity index (χ4v) is 3.31. The van der Waals surface area contributed by atoms with Crippen LogP contribution in [-0.4, -0.2) is 16.2 Å². The number of aromatic nitrogens is 3. The highest BCUT2D eigenvalue weighted by atomic mass is 16.5. The number of rotatable bonds is 4. The fraction of sp³-hybridized carbons (Fsp3) is 0.333. The average Bonchev–Trinajstić information content (AvgIpc) is 3.13. The third-order valence-electron chi connectivity index (χ3n) is 4.48. The number of nitrogens with zero attached hydrogens (tertiary/aromatic N) is 3. The molecule has 0 atom stereocenters. The van der Waals surface area contributed by atoms with Crippen molar-refractivity contribution in [3.63, 3.8) is 0 Å². The maximum absolute atomic E-state index is 6.22. The molecule has 4 rings (SSSR count). The minimum Gasteiger partial charge on any atom is -0.475 e. The van der Waals surface area contributed by atoms with Crippen LogP contribution in [0.3, 0.4) is 0 Å². The van der Waals surface area contributed by atoms with E-state index in [4.69, 9.17) is 10.5 Å². The molecule has 5 heteroatoms. The van der Waals surface area contributed by atoms with Crippen molar-refractivity contribution >= 4 is 11.2 Å². The van der Waals surface area contributed by atoms with E-state index in [1.165, 1.54) is 23.2 Å². The molecule has 3 aromatic rings.